The maximum absolute atomic E-state index is 13.9. The number of aryl methyl sites for hydroxylation is 2. The van der Waals surface area contributed by atoms with Crippen molar-refractivity contribution < 1.29 is 19.1 Å². The summed E-state index contributed by atoms with van der Waals surface area (Å²) in [6.45, 7) is 0.198. The topological polar surface area (TPSA) is 136 Å². The van der Waals surface area contributed by atoms with E-state index < -0.39 is 11.9 Å². The van der Waals surface area contributed by atoms with E-state index in [1.165, 1.54) is 9.13 Å². The highest BCUT2D eigenvalue weighted by molar-refractivity contribution is 6.01. The third-order valence-electron chi connectivity index (χ3n) is 10.6. The number of hydrogen-bond acceptors (Lipinski definition) is 7. The van der Waals surface area contributed by atoms with E-state index in [1.54, 1.807) is 55.8 Å². The van der Waals surface area contributed by atoms with Crippen LogP contribution in [0.1, 0.15) is 42.0 Å². The second-order valence-electron chi connectivity index (χ2n) is 13.5. The average molecular weight is 700 g/mol. The summed E-state index contributed by atoms with van der Waals surface area (Å²) in [5.74, 6) is 0.305. The Kier molecular flexibility index (Phi) is 7.97. The number of carbonyl (C=O) groups is 2. The van der Waals surface area contributed by atoms with Crippen molar-refractivity contribution in [2.75, 3.05) is 14.2 Å². The number of imide groups is 1. The van der Waals surface area contributed by atoms with Crippen LogP contribution in [-0.4, -0.2) is 44.3 Å². The fraction of sp³-hybridized carbons (Fsp3) is 0.275. The minimum atomic E-state index is -0.790. The van der Waals surface area contributed by atoms with E-state index in [0.717, 1.165) is 58.0 Å². The molecular formula is C40H37N5O7. The highest BCUT2D eigenvalue weighted by atomic mass is 16.5. The first kappa shape index (κ1) is 33.0. The van der Waals surface area contributed by atoms with Crippen molar-refractivity contribution in [1.29, 1.82) is 0 Å². The molecule has 0 radical (unpaired) electrons. The number of ether oxygens (including phenoxy) is 2. The lowest BCUT2D eigenvalue weighted by atomic mass is 9.97. The van der Waals surface area contributed by atoms with Gasteiger partial charge in [0.1, 0.15) is 17.5 Å². The first-order valence-electron chi connectivity index (χ1n) is 17.2. The third kappa shape index (κ3) is 5.16. The number of fused-ring (bicyclic) bond motifs is 3. The molecule has 264 valence electrons. The summed E-state index contributed by atoms with van der Waals surface area (Å²) in [6.07, 6.45) is 6.56. The van der Waals surface area contributed by atoms with Gasteiger partial charge < -0.3 is 18.6 Å². The average Bonchev–Trinajstić information content (AvgIpc) is 3.74. The SMILES string of the molecule is COc1cc(-c2cn(C)c(=O)c3c2CCC3)cc(OC)c1Cn1ccc2cc(-c3cccc4c3n(C)c(=O)n4C3CCC(=O)NC3=O)ccc2c1=O. The van der Waals surface area contributed by atoms with Gasteiger partial charge in [-0.15, -0.1) is 0 Å². The normalized spacial score (nSPS) is 15.7. The van der Waals surface area contributed by atoms with Gasteiger partial charge in [-0.1, -0.05) is 18.2 Å². The molecule has 1 N–H and O–H groups in total. The van der Waals surface area contributed by atoms with Crippen LogP contribution < -0.4 is 31.6 Å². The number of imidazole rings is 1. The lowest BCUT2D eigenvalue weighted by molar-refractivity contribution is -0.135. The zero-order valence-electron chi connectivity index (χ0n) is 29.3. The zero-order chi connectivity index (χ0) is 36.4. The fourth-order valence-electron chi connectivity index (χ4n) is 8.02. The van der Waals surface area contributed by atoms with Gasteiger partial charge in [0.15, 0.2) is 0 Å². The molecule has 4 heterocycles. The molecule has 1 unspecified atom stereocenters. The van der Waals surface area contributed by atoms with Crippen LogP contribution in [-0.2, 0) is 43.1 Å². The van der Waals surface area contributed by atoms with E-state index in [-0.39, 0.29) is 42.1 Å². The van der Waals surface area contributed by atoms with Crippen molar-refractivity contribution in [2.24, 2.45) is 14.1 Å². The van der Waals surface area contributed by atoms with Crippen molar-refractivity contribution in [3.05, 3.63) is 115 Å². The van der Waals surface area contributed by atoms with Crippen molar-refractivity contribution >= 4 is 33.6 Å². The summed E-state index contributed by atoms with van der Waals surface area (Å²) < 4.78 is 18.0. The molecule has 0 spiro atoms. The van der Waals surface area contributed by atoms with Crippen LogP contribution in [0.3, 0.4) is 0 Å². The minimum Gasteiger partial charge on any atom is -0.496 e. The number of piperidine rings is 1. The second kappa shape index (κ2) is 12.6. The quantitative estimate of drug-likeness (QED) is 0.247. The maximum Gasteiger partial charge on any atom is 0.329 e. The van der Waals surface area contributed by atoms with Crippen LogP contribution in [0.4, 0.5) is 0 Å². The Labute approximate surface area is 297 Å². The van der Waals surface area contributed by atoms with E-state index >= 15 is 0 Å². The molecule has 1 fully saturated rings. The van der Waals surface area contributed by atoms with Gasteiger partial charge in [-0.2, -0.15) is 0 Å². The van der Waals surface area contributed by atoms with Crippen molar-refractivity contribution in [3.63, 3.8) is 0 Å². The molecule has 2 amide bonds. The Bertz CT molecular complexity index is 2650. The molecule has 1 aliphatic carbocycles. The molecule has 8 rings (SSSR count). The highest BCUT2D eigenvalue weighted by Gasteiger charge is 2.32. The number of nitrogens with zero attached hydrogens (tertiary/aromatic N) is 4. The van der Waals surface area contributed by atoms with Gasteiger partial charge in [-0.3, -0.25) is 33.6 Å². The van der Waals surface area contributed by atoms with Crippen molar-refractivity contribution in [1.82, 2.24) is 23.6 Å². The minimum absolute atomic E-state index is 0.0427. The Morgan fingerprint density at radius 3 is 2.29 bits per heavy atom. The molecule has 0 bridgehead atoms. The number of benzene rings is 3. The van der Waals surface area contributed by atoms with Crippen LogP contribution in [0.15, 0.2) is 81.4 Å². The Balaban J connectivity index is 1.16. The number of methoxy groups -OCH3 is 2. The van der Waals surface area contributed by atoms with E-state index in [4.69, 9.17) is 9.47 Å². The molecule has 3 aromatic carbocycles. The molecule has 1 atom stereocenters. The Hall–Kier alpha value is -6.17. The molecule has 52 heavy (non-hydrogen) atoms. The molecule has 1 aliphatic heterocycles. The first-order chi connectivity index (χ1) is 25.1. The summed E-state index contributed by atoms with van der Waals surface area (Å²) in [7, 11) is 6.62. The Morgan fingerprint density at radius 1 is 0.808 bits per heavy atom. The molecule has 2 aliphatic rings. The van der Waals surface area contributed by atoms with Gasteiger partial charge in [0, 0.05) is 55.0 Å². The van der Waals surface area contributed by atoms with Gasteiger partial charge in [0.2, 0.25) is 11.8 Å². The van der Waals surface area contributed by atoms with Crippen LogP contribution in [0.5, 0.6) is 11.5 Å². The number of rotatable bonds is 7. The number of pyridine rings is 2. The standard InChI is InChI=1S/C40H37N5O7/c1-42-20-29(27-8-5-9-28(27)38(42)48)24-18-33(51-3)30(34(19-24)52-4)21-44-16-15-23-17-22(11-12-26(23)39(44)49)25-7-6-10-31-36(25)43(2)40(50)45(31)32-13-14-35(46)41-37(32)47/h6-7,10-12,15-20,32H,5,8-9,13-14,21H2,1-4H3,(H,41,46,47). The molecule has 12 heteroatoms. The highest BCUT2D eigenvalue weighted by Crippen LogP contribution is 2.39. The molecule has 12 nitrogen and oxygen atoms in total. The maximum atomic E-state index is 13.9. The van der Waals surface area contributed by atoms with Crippen molar-refractivity contribution in [3.8, 4) is 33.8 Å². The smallest absolute Gasteiger partial charge is 0.329 e. The van der Waals surface area contributed by atoms with E-state index in [1.807, 2.05) is 48.7 Å². The van der Waals surface area contributed by atoms with Gasteiger partial charge in [0.05, 0.1) is 37.4 Å². The molecule has 6 aromatic rings. The summed E-state index contributed by atoms with van der Waals surface area (Å²) in [6, 6.07) is 16.1. The van der Waals surface area contributed by atoms with E-state index in [2.05, 4.69) is 5.32 Å². The predicted molar refractivity (Wildman–Crippen MR) is 197 cm³/mol. The summed E-state index contributed by atoms with van der Waals surface area (Å²) in [4.78, 5) is 64.7. The van der Waals surface area contributed by atoms with E-state index in [9.17, 15) is 24.0 Å². The lowest BCUT2D eigenvalue weighted by Gasteiger charge is -2.22. The monoisotopic (exact) mass is 699 g/mol. The van der Waals surface area contributed by atoms with Crippen LogP contribution >= 0.6 is 0 Å². The number of amides is 2. The van der Waals surface area contributed by atoms with Crippen LogP contribution in [0.25, 0.3) is 44.1 Å². The molecule has 3 aromatic heterocycles. The molecular weight excluding hydrogens is 662 g/mol. The third-order valence-corrected chi connectivity index (χ3v) is 10.6. The number of nitrogens with one attached hydrogen (secondary N) is 1. The summed E-state index contributed by atoms with van der Waals surface area (Å²) in [5, 5.41) is 3.59. The predicted octanol–water partition coefficient (Wildman–Crippen LogP) is 4.22. The molecule has 1 saturated heterocycles. The van der Waals surface area contributed by atoms with Gasteiger partial charge in [-0.25, -0.2) is 4.79 Å². The van der Waals surface area contributed by atoms with E-state index in [0.29, 0.717) is 33.5 Å². The summed E-state index contributed by atoms with van der Waals surface area (Å²) in [5.41, 5.74) is 6.80. The van der Waals surface area contributed by atoms with Crippen molar-refractivity contribution in [2.45, 2.75) is 44.7 Å². The van der Waals surface area contributed by atoms with Gasteiger partial charge >= 0.3 is 5.69 Å². The zero-order valence-corrected chi connectivity index (χ0v) is 29.3. The molecule has 0 saturated carbocycles. The lowest BCUT2D eigenvalue weighted by Crippen LogP contribution is -2.44. The van der Waals surface area contributed by atoms with Crippen LogP contribution in [0, 0.1) is 0 Å². The number of aromatic nitrogens is 4. The van der Waals surface area contributed by atoms with Gasteiger partial charge in [0.25, 0.3) is 11.1 Å². The first-order valence-corrected chi connectivity index (χ1v) is 17.2. The Morgan fingerprint density at radius 2 is 1.56 bits per heavy atom. The van der Waals surface area contributed by atoms with Crippen LogP contribution in [0.2, 0.25) is 0 Å². The van der Waals surface area contributed by atoms with Gasteiger partial charge in [-0.05, 0) is 84.2 Å². The summed E-state index contributed by atoms with van der Waals surface area (Å²) >= 11 is 0. The number of para-hydroxylation sites is 1. The fourth-order valence-corrected chi connectivity index (χ4v) is 8.02. The number of hydrogen-bond donors (Lipinski definition) is 1. The largest absolute Gasteiger partial charge is 0.496 e. The number of carbonyl (C=O) groups excluding carboxylic acids is 2. The second-order valence-corrected chi connectivity index (χ2v) is 13.5.